The number of carbonyl (C=O) groups is 2. The van der Waals surface area contributed by atoms with E-state index in [1.807, 2.05) is 48.5 Å². The zero-order valence-electron chi connectivity index (χ0n) is 19.0. The number of pyridine rings is 1. The molecule has 0 spiro atoms. The van der Waals surface area contributed by atoms with Crippen LogP contribution in [0.15, 0.2) is 107 Å². The van der Waals surface area contributed by atoms with Crippen molar-refractivity contribution in [2.45, 2.75) is 12.8 Å². The minimum atomic E-state index is -0.604. The molecule has 2 heterocycles. The molecular weight excluding hydrogens is 458 g/mol. The third kappa shape index (κ3) is 5.78. The molecule has 4 rings (SSSR count). The fourth-order valence-corrected chi connectivity index (χ4v) is 4.68. The highest BCUT2D eigenvalue weighted by molar-refractivity contribution is 8.03. The Morgan fingerprint density at radius 2 is 1.57 bits per heavy atom. The summed E-state index contributed by atoms with van der Waals surface area (Å²) in [6.07, 6.45) is 3.27. The van der Waals surface area contributed by atoms with Crippen molar-refractivity contribution in [2.75, 3.05) is 16.4 Å². The van der Waals surface area contributed by atoms with Crippen LogP contribution in [0.2, 0.25) is 0 Å². The molecule has 1 atom stereocenters. The van der Waals surface area contributed by atoms with Gasteiger partial charge < -0.3 is 16.0 Å². The zero-order valence-corrected chi connectivity index (χ0v) is 19.8. The van der Waals surface area contributed by atoms with E-state index in [1.165, 1.54) is 11.8 Å². The number of hydrogen-bond acceptors (Lipinski definition) is 6. The molecule has 35 heavy (non-hydrogen) atoms. The number of anilines is 2. The summed E-state index contributed by atoms with van der Waals surface area (Å²) >= 11 is 1.23. The van der Waals surface area contributed by atoms with Gasteiger partial charge in [-0.1, -0.05) is 48.2 Å². The Labute approximate surface area is 208 Å². The average Bonchev–Trinajstić information content (AvgIpc) is 2.88. The summed E-state index contributed by atoms with van der Waals surface area (Å²) in [5, 5.41) is 19.7. The predicted octanol–water partition coefficient (Wildman–Crippen LogP) is 4.79. The van der Waals surface area contributed by atoms with Crippen LogP contribution in [0.4, 0.5) is 11.4 Å². The van der Waals surface area contributed by atoms with E-state index >= 15 is 0 Å². The van der Waals surface area contributed by atoms with E-state index in [0.717, 1.165) is 5.56 Å². The fraction of sp³-hybridized carbons (Fsp3) is 0.111. The predicted molar refractivity (Wildman–Crippen MR) is 138 cm³/mol. The third-order valence-corrected chi connectivity index (χ3v) is 6.39. The minimum absolute atomic E-state index is 0.101. The van der Waals surface area contributed by atoms with Crippen molar-refractivity contribution < 1.29 is 9.59 Å². The SMILES string of the molecule is CC1=C(C(=O)Nc2ccccc2)[C@@H](c2ccncc2)C(C#N)=C(SCC(=O)Nc2ccccc2)N1. The number of thioether (sulfide) groups is 1. The number of allylic oxidation sites excluding steroid dienone is 2. The van der Waals surface area contributed by atoms with Crippen molar-refractivity contribution in [1.82, 2.24) is 10.3 Å². The lowest BCUT2D eigenvalue weighted by atomic mass is 9.82. The summed E-state index contributed by atoms with van der Waals surface area (Å²) in [6, 6.07) is 24.2. The first-order valence-electron chi connectivity index (χ1n) is 10.9. The molecule has 0 radical (unpaired) electrons. The van der Waals surface area contributed by atoms with Gasteiger partial charge in [-0.3, -0.25) is 14.6 Å². The monoisotopic (exact) mass is 481 g/mol. The van der Waals surface area contributed by atoms with Gasteiger partial charge in [-0.2, -0.15) is 5.26 Å². The smallest absolute Gasteiger partial charge is 0.254 e. The number of carbonyl (C=O) groups excluding carboxylic acids is 2. The van der Waals surface area contributed by atoms with Crippen molar-refractivity contribution in [3.8, 4) is 6.07 Å². The second-order valence-corrected chi connectivity index (χ2v) is 8.74. The minimum Gasteiger partial charge on any atom is -0.353 e. The van der Waals surface area contributed by atoms with Crippen molar-refractivity contribution in [3.63, 3.8) is 0 Å². The molecule has 0 saturated carbocycles. The summed E-state index contributed by atoms with van der Waals surface area (Å²) in [6.45, 7) is 1.80. The van der Waals surface area contributed by atoms with Crippen molar-refractivity contribution in [3.05, 3.63) is 113 Å². The Balaban J connectivity index is 1.61. The Kier molecular flexibility index (Phi) is 7.60. The van der Waals surface area contributed by atoms with Crippen LogP contribution in [0.25, 0.3) is 0 Å². The van der Waals surface area contributed by atoms with E-state index in [2.05, 4.69) is 27.0 Å². The molecule has 1 aliphatic rings. The first kappa shape index (κ1) is 23.8. The highest BCUT2D eigenvalue weighted by Crippen LogP contribution is 2.40. The van der Waals surface area contributed by atoms with Gasteiger partial charge in [0.2, 0.25) is 5.91 Å². The first-order valence-corrected chi connectivity index (χ1v) is 11.9. The number of nitrogens with one attached hydrogen (secondary N) is 3. The lowest BCUT2D eigenvalue weighted by molar-refractivity contribution is -0.114. The summed E-state index contributed by atoms with van der Waals surface area (Å²) < 4.78 is 0. The molecule has 174 valence electrons. The second kappa shape index (κ2) is 11.2. The molecule has 2 amide bonds. The Hall–Kier alpha value is -4.35. The number of hydrogen-bond donors (Lipinski definition) is 3. The van der Waals surface area contributed by atoms with Crippen LogP contribution in [0, 0.1) is 11.3 Å². The van der Waals surface area contributed by atoms with Crippen LogP contribution in [-0.4, -0.2) is 22.6 Å². The van der Waals surface area contributed by atoms with E-state index in [0.29, 0.717) is 33.2 Å². The standard InChI is InChI=1S/C27H23N5O2S/c1-18-24(26(34)32-21-10-6-3-7-11-21)25(19-12-14-29-15-13-19)22(16-28)27(30-18)35-17-23(33)31-20-8-4-2-5-9-20/h2-15,25,30H,17H2,1H3,(H,31,33)(H,32,34)/t25-/m0/s1. The number of aromatic nitrogens is 1. The Morgan fingerprint density at radius 3 is 2.17 bits per heavy atom. The summed E-state index contributed by atoms with van der Waals surface area (Å²) in [4.78, 5) is 30.0. The van der Waals surface area contributed by atoms with Gasteiger partial charge >= 0.3 is 0 Å². The number of nitrogens with zero attached hydrogens (tertiary/aromatic N) is 2. The maximum absolute atomic E-state index is 13.4. The van der Waals surface area contributed by atoms with Crippen LogP contribution in [0.5, 0.6) is 0 Å². The molecule has 0 unspecified atom stereocenters. The number of benzene rings is 2. The van der Waals surface area contributed by atoms with Gasteiger partial charge in [0.25, 0.3) is 5.91 Å². The highest BCUT2D eigenvalue weighted by Gasteiger charge is 2.34. The Morgan fingerprint density at radius 1 is 0.971 bits per heavy atom. The summed E-state index contributed by atoms with van der Waals surface area (Å²) in [7, 11) is 0. The number of dihydropyridines is 1. The van der Waals surface area contributed by atoms with E-state index < -0.39 is 5.92 Å². The third-order valence-electron chi connectivity index (χ3n) is 5.37. The lowest BCUT2D eigenvalue weighted by Gasteiger charge is -2.29. The van der Waals surface area contributed by atoms with Gasteiger partial charge in [0.1, 0.15) is 0 Å². The van der Waals surface area contributed by atoms with Crippen LogP contribution in [0.3, 0.4) is 0 Å². The Bertz CT molecular complexity index is 1320. The highest BCUT2D eigenvalue weighted by atomic mass is 32.2. The van der Waals surface area contributed by atoms with Crippen molar-refractivity contribution in [2.24, 2.45) is 0 Å². The van der Waals surface area contributed by atoms with Crippen LogP contribution >= 0.6 is 11.8 Å². The van der Waals surface area contributed by atoms with Crippen LogP contribution in [-0.2, 0) is 9.59 Å². The molecule has 0 saturated heterocycles. The van der Waals surface area contributed by atoms with Crippen molar-refractivity contribution in [1.29, 1.82) is 5.26 Å². The number of para-hydroxylation sites is 2. The van der Waals surface area contributed by atoms with E-state index in [4.69, 9.17) is 0 Å². The van der Waals surface area contributed by atoms with Crippen LogP contribution < -0.4 is 16.0 Å². The van der Waals surface area contributed by atoms with Gasteiger partial charge in [0, 0.05) is 35.0 Å². The number of rotatable bonds is 7. The van der Waals surface area contributed by atoms with Crippen LogP contribution in [0.1, 0.15) is 18.4 Å². The lowest BCUT2D eigenvalue weighted by Crippen LogP contribution is -2.31. The van der Waals surface area contributed by atoms with E-state index in [9.17, 15) is 14.9 Å². The largest absolute Gasteiger partial charge is 0.353 e. The summed E-state index contributed by atoms with van der Waals surface area (Å²) in [5.74, 6) is -0.999. The molecule has 7 nitrogen and oxygen atoms in total. The number of amides is 2. The van der Waals surface area contributed by atoms with Gasteiger partial charge in [0.05, 0.1) is 28.3 Å². The van der Waals surface area contributed by atoms with Gasteiger partial charge in [-0.05, 0) is 48.9 Å². The molecule has 2 aromatic carbocycles. The summed E-state index contributed by atoms with van der Waals surface area (Å²) in [5.41, 5.74) is 3.56. The molecule has 1 aromatic heterocycles. The second-order valence-electron chi connectivity index (χ2n) is 7.75. The molecule has 3 aromatic rings. The van der Waals surface area contributed by atoms with Gasteiger partial charge in [0.15, 0.2) is 0 Å². The molecule has 0 aliphatic carbocycles. The zero-order chi connectivity index (χ0) is 24.6. The first-order chi connectivity index (χ1) is 17.1. The topological polar surface area (TPSA) is 107 Å². The maximum Gasteiger partial charge on any atom is 0.254 e. The average molecular weight is 482 g/mol. The normalized spacial score (nSPS) is 15.1. The molecular formula is C27H23N5O2S. The molecule has 1 aliphatic heterocycles. The van der Waals surface area contributed by atoms with Crippen molar-refractivity contribution >= 4 is 35.0 Å². The molecule has 3 N–H and O–H groups in total. The van der Waals surface area contributed by atoms with E-state index in [-0.39, 0.29) is 17.6 Å². The number of nitriles is 1. The van der Waals surface area contributed by atoms with Gasteiger partial charge in [-0.25, -0.2) is 0 Å². The van der Waals surface area contributed by atoms with E-state index in [1.54, 1.807) is 43.6 Å². The molecule has 0 bridgehead atoms. The molecule has 0 fully saturated rings. The van der Waals surface area contributed by atoms with Gasteiger partial charge in [-0.15, -0.1) is 0 Å². The molecule has 8 heteroatoms. The quantitative estimate of drug-likeness (QED) is 0.448. The fourth-order valence-electron chi connectivity index (χ4n) is 3.79. The maximum atomic E-state index is 13.4.